The maximum atomic E-state index is 12.1. The van der Waals surface area contributed by atoms with Crippen molar-refractivity contribution in [3.8, 4) is 0 Å². The average Bonchev–Trinajstić information content (AvgIpc) is 2.01. The van der Waals surface area contributed by atoms with Crippen molar-refractivity contribution >= 4 is 6.03 Å². The summed E-state index contributed by atoms with van der Waals surface area (Å²) < 4.78 is 36.2. The maximum absolute atomic E-state index is 12.1. The van der Waals surface area contributed by atoms with Crippen molar-refractivity contribution in [2.45, 2.75) is 18.6 Å². The van der Waals surface area contributed by atoms with E-state index in [-0.39, 0.29) is 13.1 Å². The number of piperazine rings is 1. The number of nitrogens with zero attached hydrogens (tertiary/aromatic N) is 1. The highest BCUT2D eigenvalue weighted by atomic mass is 19.4. The second-order valence-corrected chi connectivity index (χ2v) is 3.21. The molecule has 0 radical (unpaired) electrons. The van der Waals surface area contributed by atoms with Crippen molar-refractivity contribution in [3.63, 3.8) is 0 Å². The fourth-order valence-electron chi connectivity index (χ4n) is 1.50. The highest BCUT2D eigenvalue weighted by molar-refractivity contribution is 5.72. The molecule has 4 nitrogen and oxygen atoms in total. The number of carbonyl (C=O) groups excluding carboxylic acids is 1. The molecule has 1 unspecified atom stereocenters. The Morgan fingerprint density at radius 2 is 2.21 bits per heavy atom. The summed E-state index contributed by atoms with van der Waals surface area (Å²) in [4.78, 5) is 11.9. The molecule has 82 valence electrons. The van der Waals surface area contributed by atoms with Crippen LogP contribution < -0.4 is 11.1 Å². The van der Waals surface area contributed by atoms with E-state index in [2.05, 4.69) is 5.32 Å². The molecule has 1 rings (SSSR count). The summed E-state index contributed by atoms with van der Waals surface area (Å²) in [5, 5.41) is 2.79. The molecule has 2 amide bonds. The third-order valence-corrected chi connectivity index (χ3v) is 2.10. The van der Waals surface area contributed by atoms with Gasteiger partial charge >= 0.3 is 12.2 Å². The Balaban J connectivity index is 2.59. The summed E-state index contributed by atoms with van der Waals surface area (Å²) in [6.45, 7) is 0.857. The van der Waals surface area contributed by atoms with E-state index < -0.39 is 24.7 Å². The summed E-state index contributed by atoms with van der Waals surface area (Å²) >= 11 is 0. The van der Waals surface area contributed by atoms with Gasteiger partial charge in [-0.15, -0.1) is 0 Å². The lowest BCUT2D eigenvalue weighted by Gasteiger charge is -2.35. The third-order valence-electron chi connectivity index (χ3n) is 2.10. The number of hydrogen-bond donors (Lipinski definition) is 2. The fraction of sp³-hybridized carbons (Fsp3) is 0.857. The van der Waals surface area contributed by atoms with Gasteiger partial charge in [-0.1, -0.05) is 0 Å². The first-order chi connectivity index (χ1) is 6.40. The monoisotopic (exact) mass is 211 g/mol. The van der Waals surface area contributed by atoms with Crippen LogP contribution in [0.3, 0.4) is 0 Å². The molecule has 0 aromatic carbocycles. The van der Waals surface area contributed by atoms with Gasteiger partial charge in [-0.3, -0.25) is 0 Å². The zero-order valence-corrected chi connectivity index (χ0v) is 7.47. The number of nitrogens with two attached hydrogens (primary N) is 1. The summed E-state index contributed by atoms with van der Waals surface area (Å²) in [5.41, 5.74) is 4.97. The molecule has 0 aliphatic carbocycles. The van der Waals surface area contributed by atoms with Crippen LogP contribution in [0.1, 0.15) is 6.42 Å². The normalized spacial score (nSPS) is 23.6. The molecule has 0 spiro atoms. The van der Waals surface area contributed by atoms with Gasteiger partial charge in [0.2, 0.25) is 0 Å². The number of amides is 2. The predicted molar refractivity (Wildman–Crippen MR) is 43.6 cm³/mol. The zero-order valence-electron chi connectivity index (χ0n) is 7.47. The minimum atomic E-state index is -4.27. The van der Waals surface area contributed by atoms with Gasteiger partial charge in [-0.25, -0.2) is 4.79 Å². The van der Waals surface area contributed by atoms with Gasteiger partial charge < -0.3 is 16.0 Å². The molecule has 1 aliphatic heterocycles. The minimum absolute atomic E-state index is 0.141. The van der Waals surface area contributed by atoms with Gasteiger partial charge in [-0.05, 0) is 0 Å². The molecule has 0 aromatic heterocycles. The molecule has 1 saturated heterocycles. The lowest BCUT2D eigenvalue weighted by Crippen LogP contribution is -2.56. The second kappa shape index (κ2) is 4.04. The molecule has 0 bridgehead atoms. The predicted octanol–water partition coefficient (Wildman–Crippen LogP) is 0.291. The lowest BCUT2D eigenvalue weighted by atomic mass is 10.1. The van der Waals surface area contributed by atoms with Crippen molar-refractivity contribution in [1.29, 1.82) is 0 Å². The van der Waals surface area contributed by atoms with Crippen molar-refractivity contribution in [3.05, 3.63) is 0 Å². The first-order valence-electron chi connectivity index (χ1n) is 4.23. The largest absolute Gasteiger partial charge is 0.391 e. The molecule has 7 heteroatoms. The molecule has 14 heavy (non-hydrogen) atoms. The van der Waals surface area contributed by atoms with Crippen LogP contribution in [0.5, 0.6) is 0 Å². The van der Waals surface area contributed by atoms with Crippen LogP contribution in [0.15, 0.2) is 0 Å². The molecule has 1 fully saturated rings. The first kappa shape index (κ1) is 11.1. The SMILES string of the molecule is NC(=O)N1CCNCC1CC(F)(F)F. The van der Waals surface area contributed by atoms with Crippen LogP contribution in [0.2, 0.25) is 0 Å². The number of hydrogen-bond acceptors (Lipinski definition) is 2. The van der Waals surface area contributed by atoms with E-state index in [4.69, 9.17) is 5.73 Å². The van der Waals surface area contributed by atoms with E-state index in [1.807, 2.05) is 0 Å². The van der Waals surface area contributed by atoms with Crippen molar-refractivity contribution in [1.82, 2.24) is 10.2 Å². The van der Waals surface area contributed by atoms with Crippen LogP contribution in [0, 0.1) is 0 Å². The summed E-state index contributed by atoms with van der Waals surface area (Å²) in [6, 6.07) is -1.66. The molecule has 1 aliphatic rings. The van der Waals surface area contributed by atoms with Crippen molar-refractivity contribution in [2.75, 3.05) is 19.6 Å². The fourth-order valence-corrected chi connectivity index (χ4v) is 1.50. The highest BCUT2D eigenvalue weighted by Gasteiger charge is 2.36. The number of urea groups is 1. The molecular weight excluding hydrogens is 199 g/mol. The van der Waals surface area contributed by atoms with Crippen LogP contribution in [-0.4, -0.2) is 42.8 Å². The quantitative estimate of drug-likeness (QED) is 0.655. The van der Waals surface area contributed by atoms with Crippen LogP contribution >= 0.6 is 0 Å². The van der Waals surface area contributed by atoms with Gasteiger partial charge in [0.1, 0.15) is 0 Å². The number of alkyl halides is 3. The maximum Gasteiger partial charge on any atom is 0.391 e. The Morgan fingerprint density at radius 1 is 1.57 bits per heavy atom. The van der Waals surface area contributed by atoms with Crippen molar-refractivity contribution in [2.24, 2.45) is 5.73 Å². The first-order valence-corrected chi connectivity index (χ1v) is 4.23. The smallest absolute Gasteiger partial charge is 0.351 e. The number of halogens is 3. The minimum Gasteiger partial charge on any atom is -0.351 e. The van der Waals surface area contributed by atoms with Gasteiger partial charge in [0, 0.05) is 19.6 Å². The Kier molecular flexibility index (Phi) is 3.20. The van der Waals surface area contributed by atoms with E-state index in [0.29, 0.717) is 6.54 Å². The Labute approximate surface area is 79.2 Å². The zero-order chi connectivity index (χ0) is 10.8. The molecule has 1 heterocycles. The highest BCUT2D eigenvalue weighted by Crippen LogP contribution is 2.24. The van der Waals surface area contributed by atoms with E-state index in [1.54, 1.807) is 0 Å². The standard InChI is InChI=1S/C7H12F3N3O/c8-7(9,10)3-5-4-12-1-2-13(5)6(11)14/h5,12H,1-4H2,(H2,11,14). The third kappa shape index (κ3) is 3.06. The summed E-state index contributed by atoms with van der Waals surface area (Å²) in [6.07, 6.45) is -5.28. The molecule has 0 aromatic rings. The Morgan fingerprint density at radius 3 is 2.71 bits per heavy atom. The molecular formula is C7H12F3N3O. The number of rotatable bonds is 1. The Bertz CT molecular complexity index is 219. The van der Waals surface area contributed by atoms with Gasteiger partial charge in [0.15, 0.2) is 0 Å². The van der Waals surface area contributed by atoms with E-state index >= 15 is 0 Å². The van der Waals surface area contributed by atoms with Crippen LogP contribution in [0.25, 0.3) is 0 Å². The van der Waals surface area contributed by atoms with Gasteiger partial charge in [0.05, 0.1) is 12.5 Å². The van der Waals surface area contributed by atoms with Gasteiger partial charge in [0.25, 0.3) is 0 Å². The summed E-state index contributed by atoms with van der Waals surface area (Å²) in [7, 11) is 0. The molecule has 1 atom stereocenters. The van der Waals surface area contributed by atoms with E-state index in [0.717, 1.165) is 4.90 Å². The van der Waals surface area contributed by atoms with Crippen molar-refractivity contribution < 1.29 is 18.0 Å². The number of primary amides is 1. The molecule has 0 saturated carbocycles. The number of nitrogens with one attached hydrogen (secondary N) is 1. The Hall–Kier alpha value is -0.980. The van der Waals surface area contributed by atoms with Crippen LogP contribution in [0.4, 0.5) is 18.0 Å². The number of carbonyl (C=O) groups is 1. The van der Waals surface area contributed by atoms with Gasteiger partial charge in [-0.2, -0.15) is 13.2 Å². The molecule has 3 N–H and O–H groups in total. The topological polar surface area (TPSA) is 58.4 Å². The second-order valence-electron chi connectivity index (χ2n) is 3.21. The van der Waals surface area contributed by atoms with E-state index in [1.165, 1.54) is 0 Å². The average molecular weight is 211 g/mol. The van der Waals surface area contributed by atoms with E-state index in [9.17, 15) is 18.0 Å². The summed E-state index contributed by atoms with van der Waals surface area (Å²) in [5.74, 6) is 0. The van der Waals surface area contributed by atoms with Crippen LogP contribution in [-0.2, 0) is 0 Å². The lowest BCUT2D eigenvalue weighted by molar-refractivity contribution is -0.145.